The Bertz CT molecular complexity index is 1330. The molecule has 4 aromatic heterocycles. The summed E-state index contributed by atoms with van der Waals surface area (Å²) in [6, 6.07) is 8.01. The molecule has 0 aromatic carbocycles. The zero-order chi connectivity index (χ0) is 22.3. The van der Waals surface area contributed by atoms with Gasteiger partial charge in [0.15, 0.2) is 11.5 Å². The number of nitrogens with two attached hydrogens (primary N) is 1. The Morgan fingerprint density at radius 2 is 2.06 bits per heavy atom. The summed E-state index contributed by atoms with van der Waals surface area (Å²) < 4.78 is 5.93. The minimum absolute atomic E-state index is 0.199. The van der Waals surface area contributed by atoms with Crippen LogP contribution in [0.1, 0.15) is 30.0 Å². The largest absolute Gasteiger partial charge is 0.414 e. The van der Waals surface area contributed by atoms with E-state index < -0.39 is 5.41 Å². The van der Waals surface area contributed by atoms with Gasteiger partial charge in [0.25, 0.3) is 11.8 Å². The van der Waals surface area contributed by atoms with Crippen LogP contribution in [-0.2, 0) is 18.4 Å². The van der Waals surface area contributed by atoms with E-state index in [4.69, 9.17) is 10.2 Å². The van der Waals surface area contributed by atoms with Crippen LogP contribution in [0.4, 0.5) is 5.82 Å². The predicted octanol–water partition coefficient (Wildman–Crippen LogP) is 3.35. The van der Waals surface area contributed by atoms with Gasteiger partial charge in [-0.3, -0.25) is 4.98 Å². The molecule has 0 spiro atoms. The molecule has 0 amide bonds. The minimum Gasteiger partial charge on any atom is -0.414 e. The van der Waals surface area contributed by atoms with Crippen molar-refractivity contribution in [2.45, 2.75) is 32.2 Å². The monoisotopic (exact) mass is 444 g/mol. The number of rotatable bonds is 4. The first kappa shape index (κ1) is 20.2. The molecule has 0 radical (unpaired) electrons. The number of nitrogens with one attached hydrogen (secondary N) is 1. The maximum absolute atomic E-state index is 9.42. The van der Waals surface area contributed by atoms with Gasteiger partial charge in [0.1, 0.15) is 0 Å². The first-order valence-electron chi connectivity index (χ1n) is 10.1. The Morgan fingerprint density at radius 3 is 2.88 bits per heavy atom. The lowest BCUT2D eigenvalue weighted by molar-refractivity contribution is 0.583. The number of nitriles is 1. The van der Waals surface area contributed by atoms with Crippen molar-refractivity contribution < 1.29 is 4.42 Å². The predicted molar refractivity (Wildman–Crippen MR) is 120 cm³/mol. The first-order valence-corrected chi connectivity index (χ1v) is 10.9. The van der Waals surface area contributed by atoms with Gasteiger partial charge in [-0.15, -0.1) is 21.5 Å². The number of anilines is 1. The molecule has 0 aliphatic carbocycles. The van der Waals surface area contributed by atoms with Crippen molar-refractivity contribution in [2.75, 3.05) is 12.3 Å². The van der Waals surface area contributed by atoms with E-state index in [-0.39, 0.29) is 11.7 Å². The van der Waals surface area contributed by atoms with Crippen LogP contribution in [0.25, 0.3) is 33.6 Å². The van der Waals surface area contributed by atoms with E-state index in [9.17, 15) is 5.26 Å². The number of nitrogen functional groups attached to an aromatic ring is 1. The third kappa shape index (κ3) is 3.62. The number of aromatic nitrogens is 5. The molecule has 4 aromatic rings. The summed E-state index contributed by atoms with van der Waals surface area (Å²) in [7, 11) is 0. The van der Waals surface area contributed by atoms with Crippen LogP contribution >= 0.6 is 11.3 Å². The quantitative estimate of drug-likeness (QED) is 0.485. The fourth-order valence-corrected chi connectivity index (χ4v) is 4.56. The molecule has 0 saturated carbocycles. The van der Waals surface area contributed by atoms with Gasteiger partial charge >= 0.3 is 0 Å². The number of hydrogen-bond acceptors (Lipinski definition) is 10. The fourth-order valence-electron chi connectivity index (χ4n) is 3.46. The molecule has 0 atom stereocenters. The van der Waals surface area contributed by atoms with E-state index in [0.717, 1.165) is 30.0 Å². The van der Waals surface area contributed by atoms with Crippen LogP contribution in [0.15, 0.2) is 35.0 Å². The number of thiophene rings is 1. The topological polar surface area (TPSA) is 139 Å². The molecule has 160 valence electrons. The zero-order valence-electron chi connectivity index (χ0n) is 17.6. The van der Waals surface area contributed by atoms with Gasteiger partial charge in [-0.25, -0.2) is 9.97 Å². The van der Waals surface area contributed by atoms with E-state index >= 15 is 0 Å². The highest BCUT2D eigenvalue weighted by Gasteiger charge is 2.23. The van der Waals surface area contributed by atoms with Crippen LogP contribution in [0.5, 0.6) is 0 Å². The summed E-state index contributed by atoms with van der Waals surface area (Å²) in [6.07, 6.45) is 4.22. The van der Waals surface area contributed by atoms with Crippen LogP contribution in [0.2, 0.25) is 0 Å². The lowest BCUT2D eigenvalue weighted by atomic mass is 9.90. The van der Waals surface area contributed by atoms with Crippen molar-refractivity contribution in [3.05, 3.63) is 46.7 Å². The van der Waals surface area contributed by atoms with E-state index in [1.807, 2.05) is 26.0 Å². The van der Waals surface area contributed by atoms with Gasteiger partial charge in [0, 0.05) is 23.2 Å². The Labute approximate surface area is 188 Å². The van der Waals surface area contributed by atoms with Crippen molar-refractivity contribution in [1.82, 2.24) is 30.5 Å². The van der Waals surface area contributed by atoms with Gasteiger partial charge in [-0.05, 0) is 50.6 Å². The average Bonchev–Trinajstić information content (AvgIpc) is 3.47. The SMILES string of the molecule is CC(C)(C#N)c1cc(-c2cnc(N)c(-c3nnc(-c4cc5c(s4)CNCC5)o3)n2)ccn1. The van der Waals surface area contributed by atoms with Gasteiger partial charge in [0.2, 0.25) is 0 Å². The number of pyridine rings is 1. The molecular formula is C22H20N8OS. The normalized spacial score (nSPS) is 13.5. The van der Waals surface area contributed by atoms with Crippen LogP contribution in [0.3, 0.4) is 0 Å². The average molecular weight is 445 g/mol. The molecule has 0 fully saturated rings. The third-order valence-electron chi connectivity index (χ3n) is 5.37. The summed E-state index contributed by atoms with van der Waals surface area (Å²) in [5.74, 6) is 0.848. The van der Waals surface area contributed by atoms with Crippen LogP contribution in [-0.4, -0.2) is 31.7 Å². The van der Waals surface area contributed by atoms with E-state index in [2.05, 4.69) is 42.6 Å². The summed E-state index contributed by atoms with van der Waals surface area (Å²) in [5.41, 5.74) is 8.99. The number of nitrogens with zero attached hydrogens (tertiary/aromatic N) is 6. The summed E-state index contributed by atoms with van der Waals surface area (Å²) >= 11 is 1.65. The van der Waals surface area contributed by atoms with Gasteiger partial charge in [-0.2, -0.15) is 5.26 Å². The highest BCUT2D eigenvalue weighted by atomic mass is 32.1. The molecule has 0 unspecified atom stereocenters. The molecular weight excluding hydrogens is 424 g/mol. The second-order valence-corrected chi connectivity index (χ2v) is 9.19. The van der Waals surface area contributed by atoms with Crippen molar-refractivity contribution in [3.63, 3.8) is 0 Å². The van der Waals surface area contributed by atoms with E-state index in [1.165, 1.54) is 10.4 Å². The molecule has 1 aliphatic rings. The molecule has 9 nitrogen and oxygen atoms in total. The lowest BCUT2D eigenvalue weighted by Crippen LogP contribution is -2.21. The Balaban J connectivity index is 1.50. The highest BCUT2D eigenvalue weighted by Crippen LogP contribution is 2.34. The molecule has 1 aliphatic heterocycles. The minimum atomic E-state index is -0.725. The second kappa shape index (κ2) is 7.78. The standard InChI is InChI=1S/C22H20N8OS/c1-22(2,11-23)17-8-12(4-6-26-17)14-9-27-19(24)18(28-14)21-30-29-20(31-21)15-7-13-3-5-25-10-16(13)32-15/h4,6-9,25H,3,5,10H2,1-2H3,(H2,24,27). The lowest BCUT2D eigenvalue weighted by Gasteiger charge is -2.15. The number of hydrogen-bond donors (Lipinski definition) is 2. The molecule has 0 bridgehead atoms. The molecule has 3 N–H and O–H groups in total. The van der Waals surface area contributed by atoms with Gasteiger partial charge in [0.05, 0.1) is 33.9 Å². The fraction of sp³-hybridized carbons (Fsp3) is 0.273. The van der Waals surface area contributed by atoms with Gasteiger partial charge < -0.3 is 15.5 Å². The smallest absolute Gasteiger partial charge is 0.270 e. The molecule has 10 heteroatoms. The zero-order valence-corrected chi connectivity index (χ0v) is 18.4. The van der Waals surface area contributed by atoms with E-state index in [1.54, 1.807) is 23.7 Å². The second-order valence-electron chi connectivity index (χ2n) is 8.05. The molecule has 5 heterocycles. The van der Waals surface area contributed by atoms with Crippen molar-refractivity contribution in [3.8, 4) is 39.7 Å². The van der Waals surface area contributed by atoms with Crippen LogP contribution in [0, 0.1) is 11.3 Å². The van der Waals surface area contributed by atoms with Crippen molar-refractivity contribution in [2.24, 2.45) is 0 Å². The summed E-state index contributed by atoms with van der Waals surface area (Å²) in [6.45, 7) is 5.47. The molecule has 0 saturated heterocycles. The summed E-state index contributed by atoms with van der Waals surface area (Å²) in [4.78, 5) is 15.5. The molecule has 32 heavy (non-hydrogen) atoms. The highest BCUT2D eigenvalue weighted by molar-refractivity contribution is 7.15. The Morgan fingerprint density at radius 1 is 1.22 bits per heavy atom. The van der Waals surface area contributed by atoms with Crippen LogP contribution < -0.4 is 11.1 Å². The molecule has 5 rings (SSSR count). The summed E-state index contributed by atoms with van der Waals surface area (Å²) in [5, 5.41) is 21.2. The Kier molecular flexibility index (Phi) is 4.92. The van der Waals surface area contributed by atoms with E-state index in [0.29, 0.717) is 23.0 Å². The maximum Gasteiger partial charge on any atom is 0.270 e. The first-order chi connectivity index (χ1) is 15.4. The van der Waals surface area contributed by atoms with Crippen molar-refractivity contribution >= 4 is 17.2 Å². The third-order valence-corrected chi connectivity index (χ3v) is 6.53. The van der Waals surface area contributed by atoms with Gasteiger partial charge in [-0.1, -0.05) is 0 Å². The Hall–Kier alpha value is -3.68. The number of fused-ring (bicyclic) bond motifs is 1. The van der Waals surface area contributed by atoms with Crippen molar-refractivity contribution in [1.29, 1.82) is 5.26 Å². The maximum atomic E-state index is 9.42.